The van der Waals surface area contributed by atoms with Crippen LogP contribution in [0, 0.1) is 12.7 Å². The molecule has 3 aliphatic heterocycles. The van der Waals surface area contributed by atoms with Crippen molar-refractivity contribution >= 4 is 46.4 Å². The van der Waals surface area contributed by atoms with Crippen LogP contribution in [0.15, 0.2) is 47.3 Å². The number of hydrogen-bond donors (Lipinski definition) is 6. The quantitative estimate of drug-likeness (QED) is 0.0510. The number of nitrogens with zero attached hydrogens (tertiary/aromatic N) is 2. The van der Waals surface area contributed by atoms with Crippen LogP contribution in [0.2, 0.25) is 0 Å². The van der Waals surface area contributed by atoms with Crippen molar-refractivity contribution in [1.29, 1.82) is 0 Å². The molecule has 5 amide bonds. The van der Waals surface area contributed by atoms with Gasteiger partial charge in [-0.05, 0) is 61.4 Å². The molecular formula is C43H45FN8O9. The molecular weight excluding hydrogens is 792 g/mol. The van der Waals surface area contributed by atoms with E-state index < -0.39 is 59.2 Å². The highest BCUT2D eigenvalue weighted by Gasteiger charge is 2.65. The maximum atomic E-state index is 15.3. The minimum Gasteiger partial charge on any atom is -0.458 e. The zero-order valence-corrected chi connectivity index (χ0v) is 33.6. The summed E-state index contributed by atoms with van der Waals surface area (Å²) in [6, 6.07) is 10.6. The summed E-state index contributed by atoms with van der Waals surface area (Å²) in [5, 5.41) is 14.1. The lowest BCUT2D eigenvalue weighted by atomic mass is 9.81. The van der Waals surface area contributed by atoms with Crippen LogP contribution in [0.1, 0.15) is 71.2 Å². The van der Waals surface area contributed by atoms with E-state index in [4.69, 9.17) is 20.2 Å². The van der Waals surface area contributed by atoms with E-state index in [1.165, 1.54) is 6.07 Å². The molecule has 0 bridgehead atoms. The molecule has 17 nitrogen and oxygen atoms in total. The highest BCUT2D eigenvalue weighted by Crippen LogP contribution is 2.52. The number of carbonyl (C=O) groups excluding carboxylic acids is 6. The van der Waals surface area contributed by atoms with Crippen molar-refractivity contribution in [3.63, 3.8) is 0 Å². The van der Waals surface area contributed by atoms with Gasteiger partial charge in [-0.15, -0.1) is 0 Å². The Morgan fingerprint density at radius 2 is 1.74 bits per heavy atom. The van der Waals surface area contributed by atoms with Gasteiger partial charge in [0.1, 0.15) is 24.6 Å². The largest absolute Gasteiger partial charge is 0.458 e. The number of esters is 1. The van der Waals surface area contributed by atoms with E-state index in [0.717, 1.165) is 27.6 Å². The van der Waals surface area contributed by atoms with Gasteiger partial charge >= 0.3 is 5.97 Å². The number of epoxide rings is 1. The molecule has 0 saturated carbocycles. The van der Waals surface area contributed by atoms with Crippen LogP contribution in [0.3, 0.4) is 0 Å². The Bertz CT molecular complexity index is 2580. The van der Waals surface area contributed by atoms with E-state index in [-0.39, 0.29) is 70.1 Å². The van der Waals surface area contributed by atoms with Crippen molar-refractivity contribution < 1.29 is 42.6 Å². The number of aryl methyl sites for hydroxylation is 1. The molecule has 4 atom stereocenters. The molecule has 5 heterocycles. The summed E-state index contributed by atoms with van der Waals surface area (Å²) in [4.78, 5) is 95.0. The summed E-state index contributed by atoms with van der Waals surface area (Å²) in [5.41, 5.74) is 9.28. The molecule has 61 heavy (non-hydrogen) atoms. The fourth-order valence-electron chi connectivity index (χ4n) is 8.71. The number of nitrogens with two attached hydrogens (primary N) is 1. The van der Waals surface area contributed by atoms with E-state index in [2.05, 4.69) is 26.6 Å². The van der Waals surface area contributed by atoms with Crippen molar-refractivity contribution in [2.45, 2.75) is 82.9 Å². The number of aromatic nitrogens is 2. The zero-order valence-electron chi connectivity index (χ0n) is 33.6. The van der Waals surface area contributed by atoms with E-state index >= 15 is 4.39 Å². The van der Waals surface area contributed by atoms with Crippen LogP contribution in [0.4, 0.5) is 4.39 Å². The highest BCUT2D eigenvalue weighted by atomic mass is 19.1. The Morgan fingerprint density at radius 3 is 2.48 bits per heavy atom. The number of cyclic esters (lactones) is 1. The topological polar surface area (TPSA) is 245 Å². The summed E-state index contributed by atoms with van der Waals surface area (Å²) >= 11 is 0. The summed E-state index contributed by atoms with van der Waals surface area (Å²) < 4.78 is 28.0. The molecule has 2 aromatic carbocycles. The van der Waals surface area contributed by atoms with Gasteiger partial charge in [0.05, 0.1) is 54.7 Å². The number of fused-ring (bicyclic) bond motifs is 6. The number of nitrogens with one attached hydrogen (secondary N) is 5. The van der Waals surface area contributed by atoms with Gasteiger partial charge in [0.25, 0.3) is 5.56 Å². The number of amides is 5. The molecule has 7 N–H and O–H groups in total. The maximum Gasteiger partial charge on any atom is 0.346 e. The summed E-state index contributed by atoms with van der Waals surface area (Å²) in [5.74, 6) is -3.48. The summed E-state index contributed by atoms with van der Waals surface area (Å²) in [6.45, 7) is 2.51. The fourth-order valence-corrected chi connectivity index (χ4v) is 8.71. The second-order valence-corrected chi connectivity index (χ2v) is 15.7. The third-order valence-electron chi connectivity index (χ3n) is 11.9. The lowest BCUT2D eigenvalue weighted by Gasteiger charge is -2.30. The number of halogens is 1. The predicted octanol–water partition coefficient (Wildman–Crippen LogP) is 0.462. The predicted molar refractivity (Wildman–Crippen MR) is 216 cm³/mol. The van der Waals surface area contributed by atoms with Gasteiger partial charge in [0.2, 0.25) is 35.1 Å². The van der Waals surface area contributed by atoms with Crippen molar-refractivity contribution in [2.24, 2.45) is 5.73 Å². The van der Waals surface area contributed by atoms with Gasteiger partial charge in [-0.2, -0.15) is 0 Å². The molecule has 2 aromatic heterocycles. The van der Waals surface area contributed by atoms with Crippen LogP contribution >= 0.6 is 0 Å². The van der Waals surface area contributed by atoms with Crippen molar-refractivity contribution in [2.75, 3.05) is 26.2 Å². The number of hydrogen-bond acceptors (Lipinski definition) is 11. The zero-order chi connectivity index (χ0) is 43.2. The molecule has 1 aliphatic carbocycles. The summed E-state index contributed by atoms with van der Waals surface area (Å²) in [7, 11) is 0. The van der Waals surface area contributed by atoms with Crippen molar-refractivity contribution in [3.8, 4) is 11.4 Å². The minimum absolute atomic E-state index is 0.0570. The molecule has 1 spiro atoms. The molecule has 4 aromatic rings. The van der Waals surface area contributed by atoms with E-state index in [0.29, 0.717) is 46.4 Å². The first kappa shape index (κ1) is 41.2. The van der Waals surface area contributed by atoms with Gasteiger partial charge in [-0.3, -0.25) is 28.8 Å². The van der Waals surface area contributed by atoms with Gasteiger partial charge in [-0.1, -0.05) is 30.3 Å². The normalized spacial score (nSPS) is 19.5. The number of ether oxygens (including phenoxy) is 2. The lowest BCUT2D eigenvalue weighted by molar-refractivity contribution is -0.154. The van der Waals surface area contributed by atoms with Crippen LogP contribution in [0.25, 0.3) is 22.3 Å². The molecule has 1 saturated heterocycles. The third kappa shape index (κ3) is 7.72. The Balaban J connectivity index is 0.914. The molecule has 318 valence electrons. The first-order valence-corrected chi connectivity index (χ1v) is 20.2. The van der Waals surface area contributed by atoms with Crippen molar-refractivity contribution in [3.05, 3.63) is 97.6 Å². The van der Waals surface area contributed by atoms with E-state index in [1.807, 2.05) is 6.07 Å². The molecule has 8 rings (SSSR count). The Morgan fingerprint density at radius 1 is 0.984 bits per heavy atom. The van der Waals surface area contributed by atoms with Crippen LogP contribution in [-0.2, 0) is 69.8 Å². The number of benzene rings is 2. The third-order valence-corrected chi connectivity index (χ3v) is 11.9. The van der Waals surface area contributed by atoms with Gasteiger partial charge in [0, 0.05) is 42.0 Å². The SMILES string of the molecule is Cc1c(F)cc2nc3c(c4c2c1CC[C@@H]4NC(=O)CCCNC(=O)CNC(=O)C(Cc1ccccc1)NC(=O)CNC(=O)CN)Cn1c-3cc2c(c1=O)COC(=O)[C@@]21OC1C. The highest BCUT2D eigenvalue weighted by molar-refractivity contribution is 5.95. The Hall–Kier alpha value is -6.53. The number of rotatable bonds is 14. The van der Waals surface area contributed by atoms with Gasteiger partial charge < -0.3 is 46.4 Å². The smallest absolute Gasteiger partial charge is 0.346 e. The first-order valence-electron chi connectivity index (χ1n) is 20.2. The molecule has 1 fully saturated rings. The first-order chi connectivity index (χ1) is 29.3. The van der Waals surface area contributed by atoms with E-state index in [9.17, 15) is 33.6 Å². The van der Waals surface area contributed by atoms with Gasteiger partial charge in [0.15, 0.2) is 0 Å². The number of carbonyl (C=O) groups is 6. The number of pyridine rings is 2. The monoisotopic (exact) mass is 836 g/mol. The molecule has 2 unspecified atom stereocenters. The average molecular weight is 837 g/mol. The van der Waals surface area contributed by atoms with Crippen LogP contribution in [0.5, 0.6) is 0 Å². The second-order valence-electron chi connectivity index (χ2n) is 15.7. The summed E-state index contributed by atoms with van der Waals surface area (Å²) in [6.07, 6.45) is 0.950. The lowest BCUT2D eigenvalue weighted by Crippen LogP contribution is -2.52. The molecule has 18 heteroatoms. The Kier molecular flexibility index (Phi) is 11.1. The second kappa shape index (κ2) is 16.5. The standard InChI is InChI=1S/C43H45FN8O9/c1-21-24-10-11-29(49-33(53)9-6-12-46-35(55)17-48-40(57)31(13-23-7-4-3-5-8-23)50-36(56)18-47-34(54)16-45)38-25-19-52-32(39(25)51-30(37(24)38)15-28(21)44)14-27-26(41(52)58)20-60-42(59)43(27)22(2)61-43/h3-5,7-8,14-15,22,29,31H,6,9-13,16-20,45H2,1-2H3,(H,46,55)(H,47,54)(H,48,57)(H,49,53)(H,50,56)/t22?,29-,31?,43-/m0/s1. The van der Waals surface area contributed by atoms with E-state index in [1.54, 1.807) is 48.7 Å². The average Bonchev–Trinajstić information content (AvgIpc) is 3.78. The van der Waals surface area contributed by atoms with Crippen molar-refractivity contribution in [1.82, 2.24) is 36.1 Å². The minimum atomic E-state index is -1.35. The van der Waals surface area contributed by atoms with Gasteiger partial charge in [-0.25, -0.2) is 14.2 Å². The maximum absolute atomic E-state index is 15.3. The van der Waals surface area contributed by atoms with Crippen LogP contribution in [-0.4, -0.2) is 83.4 Å². The molecule has 0 radical (unpaired) electrons. The Labute approximate surface area is 348 Å². The van der Waals surface area contributed by atoms with Crippen LogP contribution < -0.4 is 37.9 Å². The molecule has 4 aliphatic rings. The fraction of sp³-hybridized carbons (Fsp3) is 0.395.